The molecule has 0 aliphatic heterocycles. The Hall–Kier alpha value is -3.93. The number of hydrogen-bond acceptors (Lipinski definition) is 4. The molecule has 3 rings (SSSR count). The predicted molar refractivity (Wildman–Crippen MR) is 127 cm³/mol. The number of hydrazone groups is 1. The van der Waals surface area contributed by atoms with Crippen LogP contribution in [0.4, 0.5) is 5.69 Å². The zero-order valence-electron chi connectivity index (χ0n) is 18.3. The molecule has 3 aromatic carbocycles. The number of hydrogen-bond donors (Lipinski definition) is 2. The highest BCUT2D eigenvalue weighted by atomic mass is 16.5. The van der Waals surface area contributed by atoms with Crippen molar-refractivity contribution >= 4 is 23.7 Å². The molecule has 0 bridgehead atoms. The minimum Gasteiger partial charge on any atom is -0.489 e. The topological polar surface area (TPSA) is 79.8 Å². The molecule has 0 radical (unpaired) electrons. The van der Waals surface area contributed by atoms with Gasteiger partial charge in [0.15, 0.2) is 0 Å². The third-order valence-electron chi connectivity index (χ3n) is 4.88. The van der Waals surface area contributed by atoms with Gasteiger partial charge in [-0.3, -0.25) is 9.59 Å². The molecule has 0 fully saturated rings. The summed E-state index contributed by atoms with van der Waals surface area (Å²) in [6.07, 6.45) is 1.67. The molecule has 6 heteroatoms. The molecule has 0 aliphatic rings. The van der Waals surface area contributed by atoms with Gasteiger partial charge in [-0.1, -0.05) is 48.5 Å². The Kier molecular flexibility index (Phi) is 8.15. The van der Waals surface area contributed by atoms with Crippen LogP contribution in [0.1, 0.15) is 35.1 Å². The Bertz CT molecular complexity index is 1090. The molecule has 0 spiro atoms. The van der Waals surface area contributed by atoms with Crippen molar-refractivity contribution in [2.24, 2.45) is 5.10 Å². The minimum atomic E-state index is -0.326. The van der Waals surface area contributed by atoms with Gasteiger partial charge in [0.25, 0.3) is 0 Å². The molecule has 0 unspecified atom stereocenters. The summed E-state index contributed by atoms with van der Waals surface area (Å²) in [4.78, 5) is 24.1. The molecule has 3 aromatic rings. The number of nitrogens with one attached hydrogen (secondary N) is 2. The van der Waals surface area contributed by atoms with Crippen LogP contribution in [-0.2, 0) is 16.2 Å². The van der Waals surface area contributed by atoms with Gasteiger partial charge in [0, 0.05) is 18.5 Å². The van der Waals surface area contributed by atoms with Gasteiger partial charge >= 0.3 is 0 Å². The van der Waals surface area contributed by atoms with Crippen LogP contribution >= 0.6 is 0 Å². The molecule has 0 saturated carbocycles. The van der Waals surface area contributed by atoms with Crippen molar-refractivity contribution in [2.75, 3.05) is 5.32 Å². The Morgan fingerprint density at radius 1 is 0.875 bits per heavy atom. The fourth-order valence-electron chi connectivity index (χ4n) is 2.93. The van der Waals surface area contributed by atoms with E-state index in [2.05, 4.69) is 15.8 Å². The second-order valence-electron chi connectivity index (χ2n) is 7.49. The lowest BCUT2D eigenvalue weighted by Crippen LogP contribution is -2.20. The van der Waals surface area contributed by atoms with Crippen molar-refractivity contribution in [1.82, 2.24) is 5.43 Å². The van der Waals surface area contributed by atoms with Crippen LogP contribution in [0.5, 0.6) is 5.75 Å². The standard InChI is InChI=1S/C26H27N3O3/c1-19-11-12-23(15-20(19)2)28-25(30)13-14-26(31)29-27-17-22-9-6-10-24(16-22)32-18-21-7-4-3-5-8-21/h3-12,15-17H,13-14,18H2,1-2H3,(H,28,30)(H,29,31). The van der Waals surface area contributed by atoms with E-state index in [-0.39, 0.29) is 24.7 Å². The van der Waals surface area contributed by atoms with Crippen molar-refractivity contribution in [3.8, 4) is 5.75 Å². The van der Waals surface area contributed by atoms with Gasteiger partial charge in [-0.05, 0) is 60.4 Å². The van der Waals surface area contributed by atoms with Gasteiger partial charge < -0.3 is 10.1 Å². The molecule has 164 valence electrons. The minimum absolute atomic E-state index is 0.0498. The number of aryl methyl sites for hydroxylation is 2. The number of anilines is 1. The first-order valence-electron chi connectivity index (χ1n) is 10.5. The maximum Gasteiger partial charge on any atom is 0.240 e. The predicted octanol–water partition coefficient (Wildman–Crippen LogP) is 4.75. The van der Waals surface area contributed by atoms with E-state index in [4.69, 9.17) is 4.74 Å². The SMILES string of the molecule is Cc1ccc(NC(=O)CCC(=O)NN=Cc2cccc(OCc3ccccc3)c2)cc1C. The van der Waals surface area contributed by atoms with E-state index in [0.29, 0.717) is 12.4 Å². The van der Waals surface area contributed by atoms with E-state index in [0.717, 1.165) is 27.9 Å². The van der Waals surface area contributed by atoms with E-state index in [1.165, 1.54) is 0 Å². The summed E-state index contributed by atoms with van der Waals surface area (Å²) >= 11 is 0. The van der Waals surface area contributed by atoms with E-state index >= 15 is 0 Å². The number of nitrogens with zero attached hydrogens (tertiary/aromatic N) is 1. The summed E-state index contributed by atoms with van der Waals surface area (Å²) < 4.78 is 5.79. The first-order valence-corrected chi connectivity index (χ1v) is 10.5. The molecule has 32 heavy (non-hydrogen) atoms. The number of benzene rings is 3. The Labute approximate surface area is 188 Å². The Balaban J connectivity index is 1.41. The summed E-state index contributed by atoms with van der Waals surface area (Å²) in [5.41, 5.74) is 7.32. The molecule has 0 heterocycles. The molecule has 2 amide bonds. The largest absolute Gasteiger partial charge is 0.489 e. The van der Waals surface area contributed by atoms with Crippen LogP contribution in [0.15, 0.2) is 77.9 Å². The van der Waals surface area contributed by atoms with E-state index < -0.39 is 0 Å². The summed E-state index contributed by atoms with van der Waals surface area (Å²) in [7, 11) is 0. The third-order valence-corrected chi connectivity index (χ3v) is 4.88. The van der Waals surface area contributed by atoms with Crippen LogP contribution < -0.4 is 15.5 Å². The number of amides is 2. The summed E-state index contributed by atoms with van der Waals surface area (Å²) in [5, 5.41) is 6.78. The average molecular weight is 430 g/mol. The zero-order valence-corrected chi connectivity index (χ0v) is 18.3. The van der Waals surface area contributed by atoms with E-state index in [1.807, 2.05) is 86.6 Å². The van der Waals surface area contributed by atoms with Gasteiger partial charge in [0.1, 0.15) is 12.4 Å². The highest BCUT2D eigenvalue weighted by Crippen LogP contribution is 2.15. The molecular formula is C26H27N3O3. The Morgan fingerprint density at radius 2 is 1.66 bits per heavy atom. The fourth-order valence-corrected chi connectivity index (χ4v) is 2.93. The summed E-state index contributed by atoms with van der Waals surface area (Å²) in [6, 6.07) is 23.1. The van der Waals surface area contributed by atoms with Crippen LogP contribution in [0.25, 0.3) is 0 Å². The maximum atomic E-state index is 12.1. The first kappa shape index (κ1) is 22.7. The number of ether oxygens (including phenoxy) is 1. The van der Waals surface area contributed by atoms with Gasteiger partial charge in [0.05, 0.1) is 6.21 Å². The van der Waals surface area contributed by atoms with E-state index in [1.54, 1.807) is 6.21 Å². The summed E-state index contributed by atoms with van der Waals surface area (Å²) in [6.45, 7) is 4.48. The molecule has 2 N–H and O–H groups in total. The summed E-state index contributed by atoms with van der Waals surface area (Å²) in [5.74, 6) is 0.177. The normalized spacial score (nSPS) is 10.7. The maximum absolute atomic E-state index is 12.1. The molecule has 0 atom stereocenters. The number of carbonyl (C=O) groups is 2. The number of carbonyl (C=O) groups excluding carboxylic acids is 2. The van der Waals surface area contributed by atoms with Gasteiger partial charge in [-0.2, -0.15) is 5.10 Å². The van der Waals surface area contributed by atoms with Crippen molar-refractivity contribution in [3.63, 3.8) is 0 Å². The smallest absolute Gasteiger partial charge is 0.240 e. The zero-order chi connectivity index (χ0) is 22.8. The molecular weight excluding hydrogens is 402 g/mol. The van der Waals surface area contributed by atoms with Crippen molar-refractivity contribution in [2.45, 2.75) is 33.3 Å². The highest BCUT2D eigenvalue weighted by Gasteiger charge is 2.07. The van der Waals surface area contributed by atoms with Gasteiger partial charge in [-0.15, -0.1) is 0 Å². The quantitative estimate of drug-likeness (QED) is 0.380. The lowest BCUT2D eigenvalue weighted by atomic mass is 10.1. The monoisotopic (exact) mass is 429 g/mol. The van der Waals surface area contributed by atoms with Crippen LogP contribution in [0.2, 0.25) is 0 Å². The Morgan fingerprint density at radius 3 is 2.44 bits per heavy atom. The first-order chi connectivity index (χ1) is 15.5. The van der Waals surface area contributed by atoms with Crippen molar-refractivity contribution in [3.05, 3.63) is 95.1 Å². The highest BCUT2D eigenvalue weighted by molar-refractivity contribution is 5.93. The lowest BCUT2D eigenvalue weighted by molar-refractivity contribution is -0.124. The van der Waals surface area contributed by atoms with Crippen LogP contribution in [-0.4, -0.2) is 18.0 Å². The lowest BCUT2D eigenvalue weighted by Gasteiger charge is -2.07. The molecule has 0 aliphatic carbocycles. The average Bonchev–Trinajstić information content (AvgIpc) is 2.80. The second-order valence-corrected chi connectivity index (χ2v) is 7.49. The molecule has 0 saturated heterocycles. The van der Waals surface area contributed by atoms with Crippen molar-refractivity contribution in [1.29, 1.82) is 0 Å². The van der Waals surface area contributed by atoms with E-state index in [9.17, 15) is 9.59 Å². The molecule has 6 nitrogen and oxygen atoms in total. The third kappa shape index (κ3) is 7.40. The van der Waals surface area contributed by atoms with Crippen LogP contribution in [0.3, 0.4) is 0 Å². The second kappa shape index (κ2) is 11.5. The van der Waals surface area contributed by atoms with Gasteiger partial charge in [-0.25, -0.2) is 5.43 Å². The van der Waals surface area contributed by atoms with Gasteiger partial charge in [0.2, 0.25) is 11.8 Å². The molecule has 0 aromatic heterocycles. The fraction of sp³-hybridized carbons (Fsp3) is 0.192. The number of rotatable bonds is 9. The van der Waals surface area contributed by atoms with Crippen LogP contribution in [0, 0.1) is 13.8 Å². The van der Waals surface area contributed by atoms with Crippen molar-refractivity contribution < 1.29 is 14.3 Å².